The van der Waals surface area contributed by atoms with E-state index in [0.29, 0.717) is 6.42 Å². The van der Waals surface area contributed by atoms with Gasteiger partial charge in [0.25, 0.3) is 0 Å². The molecule has 0 saturated heterocycles. The number of fused-ring (bicyclic) bond motifs is 1. The van der Waals surface area contributed by atoms with E-state index in [1.54, 1.807) is 0 Å². The van der Waals surface area contributed by atoms with Crippen LogP contribution in [0.1, 0.15) is 38.3 Å². The molecule has 26 heavy (non-hydrogen) atoms. The highest BCUT2D eigenvalue weighted by Crippen LogP contribution is 2.30. The average Bonchev–Trinajstić information content (AvgIpc) is 2.56. The molecule has 0 aliphatic carbocycles. The van der Waals surface area contributed by atoms with Crippen LogP contribution in [0.3, 0.4) is 0 Å². The Balaban J connectivity index is 1.92. The first-order valence-electron chi connectivity index (χ1n) is 8.99. The maximum Gasteiger partial charge on any atom is 0.224 e. The summed E-state index contributed by atoms with van der Waals surface area (Å²) in [7, 11) is 0. The van der Waals surface area contributed by atoms with Gasteiger partial charge in [-0.1, -0.05) is 45.0 Å². The van der Waals surface area contributed by atoms with Crippen LogP contribution in [0.4, 0.5) is 5.69 Å². The van der Waals surface area contributed by atoms with Crippen molar-refractivity contribution in [3.8, 4) is 11.3 Å². The zero-order valence-electron chi connectivity index (χ0n) is 16.2. The van der Waals surface area contributed by atoms with Crippen LogP contribution >= 0.6 is 0 Å². The summed E-state index contributed by atoms with van der Waals surface area (Å²) in [5.74, 6) is 0.0558. The zero-order chi connectivity index (χ0) is 18.9. The Morgan fingerprint density at radius 3 is 2.23 bits per heavy atom. The highest BCUT2D eigenvalue weighted by Gasteiger charge is 2.17. The molecular formula is C23H26N2O. The number of aromatic nitrogens is 1. The summed E-state index contributed by atoms with van der Waals surface area (Å²) in [6.07, 6.45) is 2.41. The van der Waals surface area contributed by atoms with Crippen molar-refractivity contribution in [1.29, 1.82) is 0 Å². The molecular weight excluding hydrogens is 320 g/mol. The molecule has 0 aliphatic rings. The third-order valence-corrected chi connectivity index (χ3v) is 4.41. The van der Waals surface area contributed by atoms with Crippen LogP contribution in [0, 0.1) is 19.3 Å². The van der Waals surface area contributed by atoms with E-state index in [2.05, 4.69) is 61.4 Å². The Bertz CT molecular complexity index is 944. The monoisotopic (exact) mass is 346 g/mol. The summed E-state index contributed by atoms with van der Waals surface area (Å²) in [5, 5.41) is 5.40. The van der Waals surface area contributed by atoms with Gasteiger partial charge in [0.15, 0.2) is 0 Å². The summed E-state index contributed by atoms with van der Waals surface area (Å²) in [5.41, 5.74) is 5.00. The summed E-state index contributed by atoms with van der Waals surface area (Å²) in [6, 6.07) is 14.5. The molecule has 1 N–H and O–H groups in total. The molecule has 0 bridgehead atoms. The number of pyridine rings is 1. The molecule has 134 valence electrons. The summed E-state index contributed by atoms with van der Waals surface area (Å²) in [4.78, 5) is 16.9. The number of rotatable bonds is 3. The third-order valence-electron chi connectivity index (χ3n) is 4.41. The van der Waals surface area contributed by atoms with Crippen LogP contribution in [-0.2, 0) is 4.79 Å². The van der Waals surface area contributed by atoms with Crippen molar-refractivity contribution in [3.63, 3.8) is 0 Å². The fourth-order valence-corrected chi connectivity index (χ4v) is 3.22. The van der Waals surface area contributed by atoms with Gasteiger partial charge in [0.05, 0.1) is 5.69 Å². The number of hydrogen-bond donors (Lipinski definition) is 1. The smallest absolute Gasteiger partial charge is 0.224 e. The van der Waals surface area contributed by atoms with E-state index >= 15 is 0 Å². The average molecular weight is 346 g/mol. The fraction of sp³-hybridized carbons (Fsp3) is 0.304. The van der Waals surface area contributed by atoms with E-state index in [9.17, 15) is 4.79 Å². The molecule has 3 nitrogen and oxygen atoms in total. The van der Waals surface area contributed by atoms with E-state index in [-0.39, 0.29) is 11.3 Å². The molecule has 0 aliphatic heterocycles. The van der Waals surface area contributed by atoms with Crippen LogP contribution < -0.4 is 5.32 Å². The number of aryl methyl sites for hydroxylation is 2. The van der Waals surface area contributed by atoms with E-state index in [0.717, 1.165) is 33.5 Å². The SMILES string of the molecule is Cc1cc(-c2cc3ccccc3cn2)cc(C)c1NC(=O)CC(C)(C)C. The lowest BCUT2D eigenvalue weighted by atomic mass is 9.91. The first-order chi connectivity index (χ1) is 12.2. The second kappa shape index (κ2) is 6.91. The van der Waals surface area contributed by atoms with Gasteiger partial charge in [-0.25, -0.2) is 0 Å². The topological polar surface area (TPSA) is 42.0 Å². The molecule has 1 heterocycles. The number of nitrogens with one attached hydrogen (secondary N) is 1. The molecule has 0 radical (unpaired) electrons. The van der Waals surface area contributed by atoms with Gasteiger partial charge in [0, 0.05) is 29.3 Å². The number of nitrogens with zero attached hydrogens (tertiary/aromatic N) is 1. The lowest BCUT2D eigenvalue weighted by Gasteiger charge is -2.19. The second-order valence-electron chi connectivity index (χ2n) is 8.19. The van der Waals surface area contributed by atoms with Crippen molar-refractivity contribution >= 4 is 22.4 Å². The van der Waals surface area contributed by atoms with Crippen molar-refractivity contribution in [2.75, 3.05) is 5.32 Å². The number of hydrogen-bond acceptors (Lipinski definition) is 2. The molecule has 1 aromatic heterocycles. The molecule has 0 saturated carbocycles. The zero-order valence-corrected chi connectivity index (χ0v) is 16.2. The Kier molecular flexibility index (Phi) is 4.82. The van der Waals surface area contributed by atoms with Crippen LogP contribution in [0.25, 0.3) is 22.0 Å². The van der Waals surface area contributed by atoms with Crippen molar-refractivity contribution in [3.05, 3.63) is 59.8 Å². The fourth-order valence-electron chi connectivity index (χ4n) is 3.22. The van der Waals surface area contributed by atoms with Crippen molar-refractivity contribution in [1.82, 2.24) is 4.98 Å². The van der Waals surface area contributed by atoms with Crippen molar-refractivity contribution in [2.24, 2.45) is 5.41 Å². The molecule has 3 heteroatoms. The van der Waals surface area contributed by atoms with Gasteiger partial charge in [-0.15, -0.1) is 0 Å². The predicted molar refractivity (Wildman–Crippen MR) is 109 cm³/mol. The van der Waals surface area contributed by atoms with E-state index in [1.807, 2.05) is 32.2 Å². The number of benzene rings is 2. The number of carbonyl (C=O) groups is 1. The first-order valence-corrected chi connectivity index (χ1v) is 8.99. The van der Waals surface area contributed by atoms with Crippen LogP contribution in [-0.4, -0.2) is 10.9 Å². The Hall–Kier alpha value is -2.68. The van der Waals surface area contributed by atoms with Crippen LogP contribution in [0.15, 0.2) is 48.7 Å². The van der Waals surface area contributed by atoms with Gasteiger partial charge >= 0.3 is 0 Å². The molecule has 0 unspecified atom stereocenters. The molecule has 0 fully saturated rings. The molecule has 2 aromatic carbocycles. The van der Waals surface area contributed by atoms with Crippen LogP contribution in [0.5, 0.6) is 0 Å². The third kappa shape index (κ3) is 4.10. The molecule has 3 rings (SSSR count). The van der Waals surface area contributed by atoms with E-state index < -0.39 is 0 Å². The highest BCUT2D eigenvalue weighted by molar-refractivity contribution is 5.93. The Morgan fingerprint density at radius 1 is 1.00 bits per heavy atom. The van der Waals surface area contributed by atoms with E-state index in [1.165, 1.54) is 5.39 Å². The number of anilines is 1. The Labute approximate surface area is 155 Å². The largest absolute Gasteiger partial charge is 0.326 e. The maximum absolute atomic E-state index is 12.3. The standard InChI is InChI=1S/C23H26N2O/c1-15-10-19(20-12-17-8-6-7-9-18(17)14-24-20)11-16(2)22(15)25-21(26)13-23(3,4)5/h6-12,14H,13H2,1-5H3,(H,25,26). The summed E-state index contributed by atoms with van der Waals surface area (Å²) in [6.45, 7) is 10.3. The maximum atomic E-state index is 12.3. The van der Waals surface area contributed by atoms with Crippen LogP contribution in [0.2, 0.25) is 0 Å². The van der Waals surface area contributed by atoms with Crippen molar-refractivity contribution < 1.29 is 4.79 Å². The minimum absolute atomic E-state index is 0.0269. The number of amides is 1. The normalized spacial score (nSPS) is 11.6. The minimum Gasteiger partial charge on any atom is -0.326 e. The van der Waals surface area contributed by atoms with Crippen molar-refractivity contribution in [2.45, 2.75) is 41.0 Å². The van der Waals surface area contributed by atoms with Gasteiger partial charge in [-0.3, -0.25) is 9.78 Å². The second-order valence-corrected chi connectivity index (χ2v) is 8.19. The minimum atomic E-state index is -0.0269. The van der Waals surface area contributed by atoms with Gasteiger partial charge in [0.1, 0.15) is 0 Å². The predicted octanol–water partition coefficient (Wildman–Crippen LogP) is 5.89. The lowest BCUT2D eigenvalue weighted by molar-refractivity contribution is -0.117. The molecule has 1 amide bonds. The molecule has 0 spiro atoms. The highest BCUT2D eigenvalue weighted by atomic mass is 16.1. The quantitative estimate of drug-likeness (QED) is 0.642. The molecule has 0 atom stereocenters. The molecule has 3 aromatic rings. The van der Waals surface area contributed by atoms with Gasteiger partial charge in [-0.2, -0.15) is 0 Å². The first kappa shape index (κ1) is 18.1. The van der Waals surface area contributed by atoms with E-state index in [4.69, 9.17) is 0 Å². The number of carbonyl (C=O) groups excluding carboxylic acids is 1. The summed E-state index contributed by atoms with van der Waals surface area (Å²) >= 11 is 0. The Morgan fingerprint density at radius 2 is 1.62 bits per heavy atom. The summed E-state index contributed by atoms with van der Waals surface area (Å²) < 4.78 is 0. The van der Waals surface area contributed by atoms with Gasteiger partial charge in [0.2, 0.25) is 5.91 Å². The lowest BCUT2D eigenvalue weighted by Crippen LogP contribution is -2.20. The van der Waals surface area contributed by atoms with Gasteiger partial charge in [-0.05, 0) is 54.0 Å². The van der Waals surface area contributed by atoms with Gasteiger partial charge < -0.3 is 5.32 Å².